The standard InChI is InChI=1S/C31H20S2/c1-2-9-21(10-3-1)22-17-19-23(20-18-22)31-24-11-4-6-13-26(24)32-28-15-8-16-29(30(28)31)33-27-14-7-5-12-25(27)31/h1-20H. The van der Waals surface area contributed by atoms with Crippen molar-refractivity contribution in [2.45, 2.75) is 25.0 Å². The third-order valence-electron chi connectivity index (χ3n) is 6.81. The van der Waals surface area contributed by atoms with Crippen molar-refractivity contribution >= 4 is 23.5 Å². The molecule has 0 unspecified atom stereocenters. The summed E-state index contributed by atoms with van der Waals surface area (Å²) in [7, 11) is 0. The van der Waals surface area contributed by atoms with Gasteiger partial charge in [0, 0.05) is 19.6 Å². The first-order valence-corrected chi connectivity index (χ1v) is 12.8. The number of benzene rings is 5. The highest BCUT2D eigenvalue weighted by molar-refractivity contribution is 8.00. The molecule has 0 nitrogen and oxygen atoms in total. The molecule has 0 aliphatic carbocycles. The summed E-state index contributed by atoms with van der Waals surface area (Å²) in [5.74, 6) is 0. The van der Waals surface area contributed by atoms with Crippen molar-refractivity contribution in [1.29, 1.82) is 0 Å². The smallest absolute Gasteiger partial charge is 0.0745 e. The monoisotopic (exact) mass is 456 g/mol. The van der Waals surface area contributed by atoms with E-state index in [-0.39, 0.29) is 5.41 Å². The van der Waals surface area contributed by atoms with E-state index in [0.29, 0.717) is 0 Å². The summed E-state index contributed by atoms with van der Waals surface area (Å²) in [5.41, 5.74) is 7.72. The second-order valence-electron chi connectivity index (χ2n) is 8.52. The average Bonchev–Trinajstić information content (AvgIpc) is 2.89. The molecule has 0 radical (unpaired) electrons. The Bertz CT molecular complexity index is 1430. The third kappa shape index (κ3) is 2.75. The van der Waals surface area contributed by atoms with Crippen molar-refractivity contribution < 1.29 is 0 Å². The van der Waals surface area contributed by atoms with Crippen molar-refractivity contribution in [3.63, 3.8) is 0 Å². The maximum absolute atomic E-state index is 2.35. The van der Waals surface area contributed by atoms with Crippen molar-refractivity contribution in [3.05, 3.63) is 144 Å². The Morgan fingerprint density at radius 1 is 0.394 bits per heavy atom. The fourth-order valence-electron chi connectivity index (χ4n) is 5.43. The topological polar surface area (TPSA) is 0 Å². The van der Waals surface area contributed by atoms with Gasteiger partial charge in [0.15, 0.2) is 0 Å². The van der Waals surface area contributed by atoms with Crippen LogP contribution < -0.4 is 0 Å². The number of rotatable bonds is 2. The zero-order chi connectivity index (χ0) is 21.8. The minimum atomic E-state index is -0.315. The molecule has 156 valence electrons. The highest BCUT2D eigenvalue weighted by atomic mass is 32.2. The van der Waals surface area contributed by atoms with Crippen LogP contribution in [0.1, 0.15) is 22.3 Å². The van der Waals surface area contributed by atoms with Gasteiger partial charge >= 0.3 is 0 Å². The predicted octanol–water partition coefficient (Wildman–Crippen LogP) is 8.67. The van der Waals surface area contributed by atoms with Crippen LogP contribution >= 0.6 is 23.5 Å². The van der Waals surface area contributed by atoms with Crippen LogP contribution in [0.3, 0.4) is 0 Å². The van der Waals surface area contributed by atoms with Crippen molar-refractivity contribution in [2.75, 3.05) is 0 Å². The van der Waals surface area contributed by atoms with Gasteiger partial charge < -0.3 is 0 Å². The summed E-state index contributed by atoms with van der Waals surface area (Å²) in [4.78, 5) is 5.41. The van der Waals surface area contributed by atoms with Crippen LogP contribution in [-0.2, 0) is 5.41 Å². The largest absolute Gasteiger partial charge is 0.0894 e. The maximum atomic E-state index is 2.35. The van der Waals surface area contributed by atoms with Gasteiger partial charge in [-0.15, -0.1) is 0 Å². The Kier molecular flexibility index (Phi) is 4.33. The fraction of sp³-hybridized carbons (Fsp3) is 0.0323. The first-order chi connectivity index (χ1) is 16.4. The lowest BCUT2D eigenvalue weighted by atomic mass is 9.64. The van der Waals surface area contributed by atoms with E-state index >= 15 is 0 Å². The molecule has 0 spiro atoms. The van der Waals surface area contributed by atoms with E-state index in [1.54, 1.807) is 0 Å². The normalized spacial score (nSPS) is 14.7. The van der Waals surface area contributed by atoms with E-state index in [4.69, 9.17) is 0 Å². The summed E-state index contributed by atoms with van der Waals surface area (Å²) in [6.45, 7) is 0. The number of hydrogen-bond acceptors (Lipinski definition) is 2. The molecule has 0 aromatic heterocycles. The van der Waals surface area contributed by atoms with Gasteiger partial charge in [-0.2, -0.15) is 0 Å². The summed E-state index contributed by atoms with van der Waals surface area (Å²) in [6.07, 6.45) is 0. The molecule has 2 heteroatoms. The molecule has 0 N–H and O–H groups in total. The molecule has 0 saturated heterocycles. The molecule has 2 heterocycles. The molecule has 0 fully saturated rings. The van der Waals surface area contributed by atoms with Crippen molar-refractivity contribution in [3.8, 4) is 11.1 Å². The average molecular weight is 457 g/mol. The van der Waals surface area contributed by atoms with Crippen LogP contribution in [0.5, 0.6) is 0 Å². The van der Waals surface area contributed by atoms with E-state index in [1.807, 2.05) is 23.5 Å². The van der Waals surface area contributed by atoms with Gasteiger partial charge in [-0.3, -0.25) is 0 Å². The van der Waals surface area contributed by atoms with Gasteiger partial charge in [0.05, 0.1) is 5.41 Å². The van der Waals surface area contributed by atoms with Gasteiger partial charge in [0.2, 0.25) is 0 Å². The van der Waals surface area contributed by atoms with Crippen LogP contribution in [0.15, 0.2) is 141 Å². The molecule has 0 bridgehead atoms. The molecule has 2 aliphatic heterocycles. The van der Waals surface area contributed by atoms with E-state index < -0.39 is 0 Å². The van der Waals surface area contributed by atoms with Crippen molar-refractivity contribution in [2.24, 2.45) is 0 Å². The summed E-state index contributed by atoms with van der Waals surface area (Å²) in [6, 6.07) is 44.6. The molecule has 7 rings (SSSR count). The van der Waals surface area contributed by atoms with Crippen LogP contribution in [0.25, 0.3) is 11.1 Å². The molecule has 0 atom stereocenters. The third-order valence-corrected chi connectivity index (χ3v) is 9.08. The van der Waals surface area contributed by atoms with Crippen LogP contribution in [0.4, 0.5) is 0 Å². The van der Waals surface area contributed by atoms with Crippen molar-refractivity contribution in [1.82, 2.24) is 0 Å². The Hall–Kier alpha value is -3.20. The Morgan fingerprint density at radius 3 is 1.48 bits per heavy atom. The van der Waals surface area contributed by atoms with E-state index in [2.05, 4.69) is 121 Å². The lowest BCUT2D eigenvalue weighted by molar-refractivity contribution is 0.663. The highest BCUT2D eigenvalue weighted by Gasteiger charge is 2.48. The van der Waals surface area contributed by atoms with Gasteiger partial charge in [0.1, 0.15) is 0 Å². The Morgan fingerprint density at radius 2 is 0.879 bits per heavy atom. The molecule has 5 aromatic rings. The van der Waals surface area contributed by atoms with Crippen LogP contribution in [0.2, 0.25) is 0 Å². The lowest BCUT2D eigenvalue weighted by Gasteiger charge is -2.46. The SMILES string of the molecule is c1ccc(-c2ccc(C34c5ccccc5Sc5cccc(c53)Sc3ccccc34)cc2)cc1. The summed E-state index contributed by atoms with van der Waals surface area (Å²) < 4.78 is 0. The predicted molar refractivity (Wildman–Crippen MR) is 138 cm³/mol. The second kappa shape index (κ2) is 7.41. The van der Waals surface area contributed by atoms with Crippen LogP contribution in [0, 0.1) is 0 Å². The molecule has 2 aliphatic rings. The van der Waals surface area contributed by atoms with E-state index in [1.165, 1.54) is 53.0 Å². The molecular weight excluding hydrogens is 436 g/mol. The highest BCUT2D eigenvalue weighted by Crippen LogP contribution is 2.62. The van der Waals surface area contributed by atoms with E-state index in [0.717, 1.165) is 0 Å². The first-order valence-electron chi connectivity index (χ1n) is 11.2. The minimum absolute atomic E-state index is 0.315. The second-order valence-corrected chi connectivity index (χ2v) is 10.7. The lowest BCUT2D eigenvalue weighted by Crippen LogP contribution is -2.36. The van der Waals surface area contributed by atoms with Gasteiger partial charge in [-0.25, -0.2) is 0 Å². The summed E-state index contributed by atoms with van der Waals surface area (Å²) >= 11 is 3.81. The minimum Gasteiger partial charge on any atom is -0.0894 e. The Labute approximate surface area is 202 Å². The van der Waals surface area contributed by atoms with Crippen LogP contribution in [-0.4, -0.2) is 0 Å². The van der Waals surface area contributed by atoms with Gasteiger partial charge in [-0.05, 0) is 57.6 Å². The molecule has 33 heavy (non-hydrogen) atoms. The summed E-state index contributed by atoms with van der Waals surface area (Å²) in [5, 5.41) is 0. The quantitative estimate of drug-likeness (QED) is 0.255. The van der Waals surface area contributed by atoms with Gasteiger partial charge in [-0.1, -0.05) is 121 Å². The zero-order valence-corrected chi connectivity index (χ0v) is 19.5. The number of hydrogen-bond donors (Lipinski definition) is 0. The molecule has 5 aromatic carbocycles. The first kappa shape index (κ1) is 19.3. The maximum Gasteiger partial charge on any atom is 0.0745 e. The number of fused-ring (bicyclic) bond motifs is 4. The molecular formula is C31H20S2. The zero-order valence-electron chi connectivity index (χ0n) is 17.9. The van der Waals surface area contributed by atoms with E-state index in [9.17, 15) is 0 Å². The van der Waals surface area contributed by atoms with Gasteiger partial charge in [0.25, 0.3) is 0 Å². The molecule has 0 saturated carbocycles. The fourth-order valence-corrected chi connectivity index (χ4v) is 7.95. The molecule has 0 amide bonds. The Balaban J connectivity index is 1.57.